The molecule has 1 heterocycles. The van der Waals surface area contributed by atoms with E-state index in [2.05, 4.69) is 32.9 Å². The van der Waals surface area contributed by atoms with Crippen LogP contribution in [0.1, 0.15) is 0 Å². The Morgan fingerprint density at radius 1 is 1.10 bits per heavy atom. The summed E-state index contributed by atoms with van der Waals surface area (Å²) >= 11 is 2.25. The third-order valence-corrected chi connectivity index (χ3v) is 3.91. The molecule has 0 atom stereocenters. The van der Waals surface area contributed by atoms with Crippen molar-refractivity contribution in [3.05, 3.63) is 68.4 Å². The number of nitro groups is 1. The lowest BCUT2D eigenvalue weighted by molar-refractivity contribution is -0.384. The van der Waals surface area contributed by atoms with Crippen LogP contribution in [-0.4, -0.2) is 19.9 Å². The maximum atomic E-state index is 10.6. The standard InChI is InChI=1S/C14H9IN4O2/c15-13-4-2-1-3-12(13)14-9-18(17-16-14)10-5-7-11(8-6-10)19(20)21/h1-9H. The maximum absolute atomic E-state index is 10.6. The molecule has 0 aliphatic heterocycles. The van der Waals surface area contributed by atoms with Crippen molar-refractivity contribution in [1.29, 1.82) is 0 Å². The minimum atomic E-state index is -0.428. The van der Waals surface area contributed by atoms with Gasteiger partial charge in [-0.1, -0.05) is 23.4 Å². The summed E-state index contributed by atoms with van der Waals surface area (Å²) in [5.41, 5.74) is 2.55. The first-order valence-corrected chi connectivity index (χ1v) is 7.15. The van der Waals surface area contributed by atoms with E-state index in [-0.39, 0.29) is 5.69 Å². The number of rotatable bonds is 3. The summed E-state index contributed by atoms with van der Waals surface area (Å²) < 4.78 is 2.69. The minimum absolute atomic E-state index is 0.0525. The first-order valence-electron chi connectivity index (χ1n) is 6.07. The smallest absolute Gasteiger partial charge is 0.258 e. The largest absolute Gasteiger partial charge is 0.269 e. The molecule has 0 bridgehead atoms. The molecule has 6 nitrogen and oxygen atoms in total. The van der Waals surface area contributed by atoms with Gasteiger partial charge in [0.1, 0.15) is 5.69 Å². The van der Waals surface area contributed by atoms with E-state index in [1.54, 1.807) is 23.0 Å². The second kappa shape index (κ2) is 5.60. The number of nitrogens with zero attached hydrogens (tertiary/aromatic N) is 4. The molecule has 3 rings (SSSR count). The van der Waals surface area contributed by atoms with Gasteiger partial charge in [0.25, 0.3) is 5.69 Å². The van der Waals surface area contributed by atoms with Crippen molar-refractivity contribution >= 4 is 28.3 Å². The molecule has 3 aromatic rings. The highest BCUT2D eigenvalue weighted by molar-refractivity contribution is 14.1. The van der Waals surface area contributed by atoms with Crippen LogP contribution in [0.5, 0.6) is 0 Å². The molecule has 0 fully saturated rings. The van der Waals surface area contributed by atoms with Gasteiger partial charge in [0, 0.05) is 21.3 Å². The lowest BCUT2D eigenvalue weighted by atomic mass is 10.2. The van der Waals surface area contributed by atoms with E-state index in [4.69, 9.17) is 0 Å². The molecule has 0 aliphatic carbocycles. The van der Waals surface area contributed by atoms with Gasteiger partial charge in [0.2, 0.25) is 0 Å². The summed E-state index contributed by atoms with van der Waals surface area (Å²) in [4.78, 5) is 10.2. The Morgan fingerprint density at radius 3 is 2.48 bits per heavy atom. The third-order valence-electron chi connectivity index (χ3n) is 2.97. The third kappa shape index (κ3) is 2.77. The van der Waals surface area contributed by atoms with Gasteiger partial charge in [-0.15, -0.1) is 5.10 Å². The molecule has 104 valence electrons. The Hall–Kier alpha value is -2.29. The van der Waals surface area contributed by atoms with Gasteiger partial charge in [-0.25, -0.2) is 4.68 Å². The molecule has 21 heavy (non-hydrogen) atoms. The lowest BCUT2D eigenvalue weighted by Gasteiger charge is -2.00. The van der Waals surface area contributed by atoms with Gasteiger partial charge in [-0.05, 0) is 40.8 Å². The molecule has 2 aromatic carbocycles. The fraction of sp³-hybridized carbons (Fsp3) is 0. The lowest BCUT2D eigenvalue weighted by Crippen LogP contribution is -1.95. The van der Waals surface area contributed by atoms with Crippen LogP contribution in [0.15, 0.2) is 54.7 Å². The van der Waals surface area contributed by atoms with Gasteiger partial charge < -0.3 is 0 Å². The highest BCUT2D eigenvalue weighted by Crippen LogP contribution is 2.23. The average Bonchev–Trinajstić information content (AvgIpc) is 2.97. The van der Waals surface area contributed by atoms with Crippen LogP contribution in [0.3, 0.4) is 0 Å². The van der Waals surface area contributed by atoms with E-state index < -0.39 is 4.92 Å². The van der Waals surface area contributed by atoms with Gasteiger partial charge in [0.05, 0.1) is 16.8 Å². The Kier molecular flexibility index (Phi) is 3.65. The quantitative estimate of drug-likeness (QED) is 0.389. The van der Waals surface area contributed by atoms with E-state index in [0.717, 1.165) is 20.5 Å². The van der Waals surface area contributed by atoms with Gasteiger partial charge >= 0.3 is 0 Å². The Balaban J connectivity index is 1.95. The predicted octanol–water partition coefficient (Wildman–Crippen LogP) is 3.45. The van der Waals surface area contributed by atoms with E-state index in [1.165, 1.54) is 12.1 Å². The van der Waals surface area contributed by atoms with E-state index in [9.17, 15) is 10.1 Å². The molecule has 7 heteroatoms. The molecule has 0 amide bonds. The number of hydrogen-bond acceptors (Lipinski definition) is 4. The van der Waals surface area contributed by atoms with Crippen LogP contribution in [0.4, 0.5) is 5.69 Å². The molecule has 0 unspecified atom stereocenters. The summed E-state index contributed by atoms with van der Waals surface area (Å²) in [5.74, 6) is 0. The number of nitro benzene ring substituents is 1. The molecule has 0 saturated carbocycles. The van der Waals surface area contributed by atoms with Crippen LogP contribution in [-0.2, 0) is 0 Å². The highest BCUT2D eigenvalue weighted by atomic mass is 127. The maximum Gasteiger partial charge on any atom is 0.269 e. The average molecular weight is 392 g/mol. The van der Waals surface area contributed by atoms with Crippen molar-refractivity contribution in [3.8, 4) is 16.9 Å². The number of benzene rings is 2. The topological polar surface area (TPSA) is 73.8 Å². The zero-order valence-corrected chi connectivity index (χ0v) is 12.8. The minimum Gasteiger partial charge on any atom is -0.258 e. The van der Waals surface area contributed by atoms with E-state index in [1.807, 2.05) is 24.3 Å². The van der Waals surface area contributed by atoms with Crippen molar-refractivity contribution in [1.82, 2.24) is 15.0 Å². The van der Waals surface area contributed by atoms with Crippen molar-refractivity contribution < 1.29 is 4.92 Å². The Labute approximate surface area is 133 Å². The number of aromatic nitrogens is 3. The Morgan fingerprint density at radius 2 is 1.81 bits per heavy atom. The van der Waals surface area contributed by atoms with Crippen LogP contribution in [0.25, 0.3) is 16.9 Å². The second-order valence-electron chi connectivity index (χ2n) is 4.30. The van der Waals surface area contributed by atoms with E-state index >= 15 is 0 Å². The highest BCUT2D eigenvalue weighted by Gasteiger charge is 2.09. The zero-order valence-electron chi connectivity index (χ0n) is 10.7. The number of non-ortho nitro benzene ring substituents is 1. The number of hydrogen-bond donors (Lipinski definition) is 0. The molecule has 0 aliphatic rings. The monoisotopic (exact) mass is 392 g/mol. The van der Waals surface area contributed by atoms with Crippen molar-refractivity contribution in [2.24, 2.45) is 0 Å². The zero-order chi connectivity index (χ0) is 14.8. The van der Waals surface area contributed by atoms with Crippen molar-refractivity contribution in [2.75, 3.05) is 0 Å². The molecule has 0 N–H and O–H groups in total. The van der Waals surface area contributed by atoms with Crippen LogP contribution < -0.4 is 0 Å². The normalized spacial score (nSPS) is 10.5. The first-order chi connectivity index (χ1) is 10.1. The summed E-state index contributed by atoms with van der Waals surface area (Å²) in [7, 11) is 0. The SMILES string of the molecule is O=[N+]([O-])c1ccc(-n2cc(-c3ccccc3I)nn2)cc1. The van der Waals surface area contributed by atoms with Crippen LogP contribution in [0.2, 0.25) is 0 Å². The summed E-state index contributed by atoms with van der Waals surface area (Å²) in [6.07, 6.45) is 1.80. The van der Waals surface area contributed by atoms with Crippen LogP contribution in [0, 0.1) is 13.7 Å². The number of halogens is 1. The van der Waals surface area contributed by atoms with Crippen molar-refractivity contribution in [3.63, 3.8) is 0 Å². The predicted molar refractivity (Wildman–Crippen MR) is 86.2 cm³/mol. The second-order valence-corrected chi connectivity index (χ2v) is 5.46. The van der Waals surface area contributed by atoms with Gasteiger partial charge in [-0.3, -0.25) is 10.1 Å². The summed E-state index contributed by atoms with van der Waals surface area (Å²) in [5, 5.41) is 18.9. The first kappa shape index (κ1) is 13.7. The summed E-state index contributed by atoms with van der Waals surface area (Å²) in [6, 6.07) is 14.1. The van der Waals surface area contributed by atoms with Gasteiger partial charge in [-0.2, -0.15) is 0 Å². The van der Waals surface area contributed by atoms with Crippen LogP contribution >= 0.6 is 22.6 Å². The molecule has 0 saturated heterocycles. The molecular weight excluding hydrogens is 383 g/mol. The molecule has 0 radical (unpaired) electrons. The summed E-state index contributed by atoms with van der Waals surface area (Å²) in [6.45, 7) is 0. The Bertz CT molecular complexity index is 799. The van der Waals surface area contributed by atoms with E-state index in [0.29, 0.717) is 0 Å². The molecule has 1 aromatic heterocycles. The van der Waals surface area contributed by atoms with Gasteiger partial charge in [0.15, 0.2) is 0 Å². The molecular formula is C14H9IN4O2. The fourth-order valence-corrected chi connectivity index (χ4v) is 2.57. The molecule has 0 spiro atoms. The van der Waals surface area contributed by atoms with Crippen molar-refractivity contribution in [2.45, 2.75) is 0 Å². The fourth-order valence-electron chi connectivity index (χ4n) is 1.91.